The molecule has 2 rings (SSSR count). The van der Waals surface area contributed by atoms with E-state index in [1.807, 2.05) is 18.9 Å². The molecular weight excluding hydrogens is 300 g/mol. The number of nitrogens with zero attached hydrogens (tertiary/aromatic N) is 1. The summed E-state index contributed by atoms with van der Waals surface area (Å²) < 4.78 is 1.11. The van der Waals surface area contributed by atoms with Crippen molar-refractivity contribution in [2.45, 2.75) is 31.8 Å². The van der Waals surface area contributed by atoms with E-state index in [2.05, 4.69) is 32.7 Å². The first-order chi connectivity index (χ1) is 8.01. The Bertz CT molecular complexity index is 412. The molecule has 1 atom stereocenters. The number of thiophene rings is 1. The molecule has 0 saturated carbocycles. The van der Waals surface area contributed by atoms with Gasteiger partial charge in [-0.2, -0.15) is 0 Å². The summed E-state index contributed by atoms with van der Waals surface area (Å²) in [5, 5.41) is 5.39. The lowest BCUT2D eigenvalue weighted by molar-refractivity contribution is -0.136. The fourth-order valence-electron chi connectivity index (χ4n) is 2.27. The van der Waals surface area contributed by atoms with Crippen LogP contribution in [0.3, 0.4) is 0 Å². The van der Waals surface area contributed by atoms with Gasteiger partial charge in [0.25, 0.3) is 0 Å². The van der Waals surface area contributed by atoms with Crippen LogP contribution in [0.2, 0.25) is 0 Å². The molecule has 0 aliphatic carbocycles. The Kier molecular flexibility index (Phi) is 3.90. The maximum atomic E-state index is 12.3. The van der Waals surface area contributed by atoms with Gasteiger partial charge in [-0.25, -0.2) is 0 Å². The van der Waals surface area contributed by atoms with Gasteiger partial charge < -0.3 is 10.2 Å². The molecule has 1 aromatic heterocycles. The van der Waals surface area contributed by atoms with E-state index in [4.69, 9.17) is 0 Å². The lowest BCUT2D eigenvalue weighted by Crippen LogP contribution is -2.51. The molecule has 1 fully saturated rings. The van der Waals surface area contributed by atoms with Gasteiger partial charge in [-0.15, -0.1) is 11.3 Å². The number of carbonyl (C=O) groups is 1. The standard InChI is InChI=1S/C12H17BrN2OS/c1-12(4-3-5-14-12)11(16)15(2)7-9-6-10(13)17-8-9/h6,8,14H,3-5,7H2,1-2H3. The van der Waals surface area contributed by atoms with E-state index in [1.54, 1.807) is 11.3 Å². The summed E-state index contributed by atoms with van der Waals surface area (Å²) in [6.45, 7) is 3.63. The highest BCUT2D eigenvalue weighted by atomic mass is 79.9. The van der Waals surface area contributed by atoms with Crippen molar-refractivity contribution >= 4 is 33.2 Å². The monoisotopic (exact) mass is 316 g/mol. The van der Waals surface area contributed by atoms with Crippen LogP contribution >= 0.6 is 27.3 Å². The SMILES string of the molecule is CN(Cc1csc(Br)c1)C(=O)C1(C)CCCN1. The molecule has 0 bridgehead atoms. The fourth-order valence-corrected chi connectivity index (χ4v) is 3.47. The minimum atomic E-state index is -0.359. The molecule has 1 saturated heterocycles. The van der Waals surface area contributed by atoms with Gasteiger partial charge in [-0.3, -0.25) is 4.79 Å². The van der Waals surface area contributed by atoms with Crippen molar-refractivity contribution in [1.82, 2.24) is 10.2 Å². The summed E-state index contributed by atoms with van der Waals surface area (Å²) in [5.41, 5.74) is 0.821. The second-order valence-corrected chi connectivity index (χ2v) is 7.07. The minimum Gasteiger partial charge on any atom is -0.340 e. The number of carbonyl (C=O) groups excluding carboxylic acids is 1. The molecule has 2 heterocycles. The summed E-state index contributed by atoms with van der Waals surface area (Å²) >= 11 is 5.09. The Labute approximate surface area is 114 Å². The van der Waals surface area contributed by atoms with E-state index in [1.165, 1.54) is 5.56 Å². The van der Waals surface area contributed by atoms with Crippen molar-refractivity contribution in [1.29, 1.82) is 0 Å². The van der Waals surface area contributed by atoms with Crippen LogP contribution in [0.4, 0.5) is 0 Å². The van der Waals surface area contributed by atoms with Crippen molar-refractivity contribution in [3.8, 4) is 0 Å². The van der Waals surface area contributed by atoms with Gasteiger partial charge in [-0.05, 0) is 59.2 Å². The number of rotatable bonds is 3. The molecule has 0 radical (unpaired) electrons. The highest BCUT2D eigenvalue weighted by molar-refractivity contribution is 9.11. The molecule has 1 amide bonds. The van der Waals surface area contributed by atoms with Crippen molar-refractivity contribution in [3.63, 3.8) is 0 Å². The maximum absolute atomic E-state index is 12.3. The van der Waals surface area contributed by atoms with E-state index < -0.39 is 0 Å². The van der Waals surface area contributed by atoms with Gasteiger partial charge >= 0.3 is 0 Å². The second kappa shape index (κ2) is 5.08. The lowest BCUT2D eigenvalue weighted by Gasteiger charge is -2.29. The fraction of sp³-hybridized carbons (Fsp3) is 0.583. The average Bonchev–Trinajstić information content (AvgIpc) is 2.88. The minimum absolute atomic E-state index is 0.192. The summed E-state index contributed by atoms with van der Waals surface area (Å²) in [5.74, 6) is 0.192. The number of likely N-dealkylation sites (N-methyl/N-ethyl adjacent to an activating group) is 1. The highest BCUT2D eigenvalue weighted by Gasteiger charge is 2.37. The third-order valence-electron chi connectivity index (χ3n) is 3.23. The molecule has 0 spiro atoms. The molecular formula is C12H17BrN2OS. The average molecular weight is 317 g/mol. The number of amides is 1. The van der Waals surface area contributed by atoms with Gasteiger partial charge in [0.05, 0.1) is 9.33 Å². The van der Waals surface area contributed by atoms with Crippen LogP contribution in [0.25, 0.3) is 0 Å². The molecule has 5 heteroatoms. The predicted octanol–water partition coefficient (Wildman–Crippen LogP) is 2.61. The topological polar surface area (TPSA) is 32.3 Å². The van der Waals surface area contributed by atoms with Crippen molar-refractivity contribution in [2.75, 3.05) is 13.6 Å². The Balaban J connectivity index is 2.00. The Morgan fingerprint density at radius 1 is 1.71 bits per heavy atom. The summed E-state index contributed by atoms with van der Waals surface area (Å²) in [6.07, 6.45) is 2.02. The van der Waals surface area contributed by atoms with E-state index in [9.17, 15) is 4.79 Å². The zero-order valence-electron chi connectivity index (χ0n) is 10.1. The number of nitrogens with one attached hydrogen (secondary N) is 1. The Morgan fingerprint density at radius 3 is 3.00 bits per heavy atom. The first kappa shape index (κ1) is 13.1. The van der Waals surface area contributed by atoms with Crippen LogP contribution in [-0.4, -0.2) is 29.9 Å². The Morgan fingerprint density at radius 2 is 2.47 bits per heavy atom. The van der Waals surface area contributed by atoms with Crippen molar-refractivity contribution in [2.24, 2.45) is 0 Å². The molecule has 1 aromatic rings. The van der Waals surface area contributed by atoms with E-state index in [0.29, 0.717) is 6.54 Å². The zero-order chi connectivity index (χ0) is 12.5. The molecule has 3 nitrogen and oxygen atoms in total. The summed E-state index contributed by atoms with van der Waals surface area (Å²) in [7, 11) is 1.87. The Hall–Kier alpha value is -0.390. The molecule has 1 aliphatic rings. The molecule has 1 N–H and O–H groups in total. The van der Waals surface area contributed by atoms with Crippen LogP contribution in [0.1, 0.15) is 25.3 Å². The maximum Gasteiger partial charge on any atom is 0.242 e. The van der Waals surface area contributed by atoms with E-state index >= 15 is 0 Å². The zero-order valence-corrected chi connectivity index (χ0v) is 12.5. The van der Waals surface area contributed by atoms with Gasteiger partial charge in [0.2, 0.25) is 5.91 Å². The second-order valence-electron chi connectivity index (χ2n) is 4.78. The first-order valence-corrected chi connectivity index (χ1v) is 7.42. The predicted molar refractivity (Wildman–Crippen MR) is 74.1 cm³/mol. The van der Waals surface area contributed by atoms with Gasteiger partial charge in [0, 0.05) is 13.6 Å². The highest BCUT2D eigenvalue weighted by Crippen LogP contribution is 2.24. The largest absolute Gasteiger partial charge is 0.340 e. The third-order valence-corrected chi connectivity index (χ3v) is 4.78. The lowest BCUT2D eigenvalue weighted by atomic mass is 9.98. The smallest absolute Gasteiger partial charge is 0.242 e. The molecule has 17 heavy (non-hydrogen) atoms. The van der Waals surface area contributed by atoms with Crippen molar-refractivity contribution in [3.05, 3.63) is 20.8 Å². The molecule has 1 aliphatic heterocycles. The normalized spacial score (nSPS) is 23.9. The van der Waals surface area contributed by atoms with Crippen LogP contribution in [0, 0.1) is 0 Å². The number of hydrogen-bond donors (Lipinski definition) is 1. The van der Waals surface area contributed by atoms with Gasteiger partial charge in [-0.1, -0.05) is 0 Å². The van der Waals surface area contributed by atoms with Crippen LogP contribution in [0.15, 0.2) is 15.2 Å². The molecule has 94 valence electrons. The van der Waals surface area contributed by atoms with E-state index in [-0.39, 0.29) is 11.4 Å². The summed E-state index contributed by atoms with van der Waals surface area (Å²) in [6, 6.07) is 2.07. The van der Waals surface area contributed by atoms with E-state index in [0.717, 1.165) is 23.2 Å². The van der Waals surface area contributed by atoms with Gasteiger partial charge in [0.15, 0.2) is 0 Å². The quantitative estimate of drug-likeness (QED) is 0.929. The third kappa shape index (κ3) is 2.89. The van der Waals surface area contributed by atoms with Crippen LogP contribution < -0.4 is 5.32 Å². The summed E-state index contributed by atoms with van der Waals surface area (Å²) in [4.78, 5) is 14.1. The number of hydrogen-bond acceptors (Lipinski definition) is 3. The van der Waals surface area contributed by atoms with Crippen LogP contribution in [0.5, 0.6) is 0 Å². The van der Waals surface area contributed by atoms with Crippen molar-refractivity contribution < 1.29 is 4.79 Å². The van der Waals surface area contributed by atoms with Crippen LogP contribution in [-0.2, 0) is 11.3 Å². The number of halogens is 1. The first-order valence-electron chi connectivity index (χ1n) is 5.75. The molecule has 0 aromatic carbocycles. The van der Waals surface area contributed by atoms with Gasteiger partial charge in [0.1, 0.15) is 0 Å². The molecule has 1 unspecified atom stereocenters.